The molecular formula is C20H20F2N6O2. The van der Waals surface area contributed by atoms with Gasteiger partial charge in [-0.2, -0.15) is 0 Å². The first-order valence-electron chi connectivity index (χ1n) is 9.33. The summed E-state index contributed by atoms with van der Waals surface area (Å²) in [5.74, 6) is -0.835. The number of rotatable bonds is 4. The third-order valence-electron chi connectivity index (χ3n) is 5.04. The third kappa shape index (κ3) is 3.73. The molecule has 1 aromatic carbocycles. The van der Waals surface area contributed by atoms with E-state index in [2.05, 4.69) is 20.3 Å². The number of nitrogens with one attached hydrogen (secondary N) is 1. The first kappa shape index (κ1) is 19.9. The summed E-state index contributed by atoms with van der Waals surface area (Å²) in [6.45, 7) is 1.37. The Hall–Kier alpha value is -3.40. The van der Waals surface area contributed by atoms with Crippen LogP contribution in [0.4, 0.5) is 14.7 Å². The minimum absolute atomic E-state index is 0.128. The van der Waals surface area contributed by atoms with E-state index in [1.807, 2.05) is 4.90 Å². The molecule has 1 saturated heterocycles. The van der Waals surface area contributed by atoms with Crippen molar-refractivity contribution < 1.29 is 13.5 Å². The van der Waals surface area contributed by atoms with Crippen molar-refractivity contribution in [1.29, 1.82) is 0 Å². The van der Waals surface area contributed by atoms with Crippen LogP contribution in [0.1, 0.15) is 11.6 Å². The van der Waals surface area contributed by atoms with Crippen molar-refractivity contribution in [1.82, 2.24) is 24.8 Å². The Balaban J connectivity index is 1.71. The molecule has 0 amide bonds. The molecule has 0 radical (unpaired) electrons. The van der Waals surface area contributed by atoms with Crippen LogP contribution < -0.4 is 20.5 Å². The SMILES string of the molecule is COc1cc(F)cc(F)c1C1CN(c2nc(-c3ccncn3)cc(=O)n2C)CCN1. The monoisotopic (exact) mass is 414 g/mol. The molecule has 3 aromatic rings. The van der Waals surface area contributed by atoms with Crippen molar-refractivity contribution in [2.24, 2.45) is 7.05 Å². The summed E-state index contributed by atoms with van der Waals surface area (Å²) in [6, 6.07) is 4.60. The molecule has 3 heterocycles. The summed E-state index contributed by atoms with van der Waals surface area (Å²) < 4.78 is 34.8. The molecule has 1 unspecified atom stereocenters. The summed E-state index contributed by atoms with van der Waals surface area (Å²) in [5, 5.41) is 3.23. The average molecular weight is 414 g/mol. The highest BCUT2D eigenvalue weighted by Gasteiger charge is 2.29. The van der Waals surface area contributed by atoms with E-state index in [4.69, 9.17) is 4.74 Å². The number of hydrogen-bond acceptors (Lipinski definition) is 7. The van der Waals surface area contributed by atoms with Crippen LogP contribution in [0.15, 0.2) is 41.6 Å². The van der Waals surface area contributed by atoms with Gasteiger partial charge in [-0.05, 0) is 6.07 Å². The van der Waals surface area contributed by atoms with E-state index in [-0.39, 0.29) is 16.9 Å². The number of nitrogens with zero attached hydrogens (tertiary/aromatic N) is 5. The van der Waals surface area contributed by atoms with E-state index in [9.17, 15) is 13.6 Å². The van der Waals surface area contributed by atoms with Crippen molar-refractivity contribution in [3.8, 4) is 17.1 Å². The average Bonchev–Trinajstić information content (AvgIpc) is 2.75. The van der Waals surface area contributed by atoms with Crippen LogP contribution in [0.25, 0.3) is 11.4 Å². The van der Waals surface area contributed by atoms with Gasteiger partial charge in [0.15, 0.2) is 0 Å². The third-order valence-corrected chi connectivity index (χ3v) is 5.04. The van der Waals surface area contributed by atoms with Gasteiger partial charge in [-0.3, -0.25) is 9.36 Å². The number of methoxy groups -OCH3 is 1. The van der Waals surface area contributed by atoms with Gasteiger partial charge < -0.3 is 15.0 Å². The van der Waals surface area contributed by atoms with Gasteiger partial charge in [-0.1, -0.05) is 0 Å². The molecule has 8 nitrogen and oxygen atoms in total. The Morgan fingerprint density at radius 1 is 1.23 bits per heavy atom. The van der Waals surface area contributed by atoms with Crippen LogP contribution in [-0.4, -0.2) is 46.3 Å². The Kier molecular flexibility index (Phi) is 5.40. The smallest absolute Gasteiger partial charge is 0.255 e. The molecule has 1 aliphatic rings. The second kappa shape index (κ2) is 8.15. The summed E-state index contributed by atoms with van der Waals surface area (Å²) in [5.41, 5.74) is 0.952. The van der Waals surface area contributed by atoms with Crippen LogP contribution in [0, 0.1) is 11.6 Å². The molecule has 30 heavy (non-hydrogen) atoms. The number of halogens is 2. The summed E-state index contributed by atoms with van der Waals surface area (Å²) >= 11 is 0. The van der Waals surface area contributed by atoms with E-state index in [1.165, 1.54) is 24.1 Å². The molecule has 1 atom stereocenters. The van der Waals surface area contributed by atoms with Crippen molar-refractivity contribution in [3.63, 3.8) is 0 Å². The maximum absolute atomic E-state index is 14.6. The van der Waals surface area contributed by atoms with E-state index >= 15 is 0 Å². The minimum atomic E-state index is -0.706. The molecule has 156 valence electrons. The Morgan fingerprint density at radius 3 is 2.80 bits per heavy atom. The van der Waals surface area contributed by atoms with E-state index in [0.29, 0.717) is 37.0 Å². The van der Waals surface area contributed by atoms with Crippen LogP contribution in [0.3, 0.4) is 0 Å². The highest BCUT2D eigenvalue weighted by molar-refractivity contribution is 5.55. The van der Waals surface area contributed by atoms with Crippen molar-refractivity contribution in [2.45, 2.75) is 6.04 Å². The van der Waals surface area contributed by atoms with Crippen LogP contribution in [0.2, 0.25) is 0 Å². The second-order valence-electron chi connectivity index (χ2n) is 6.89. The molecule has 10 heteroatoms. The molecule has 0 saturated carbocycles. The zero-order chi connectivity index (χ0) is 21.3. The molecule has 0 bridgehead atoms. The zero-order valence-electron chi connectivity index (χ0n) is 16.5. The summed E-state index contributed by atoms with van der Waals surface area (Å²) in [6.07, 6.45) is 2.96. The van der Waals surface area contributed by atoms with Crippen LogP contribution >= 0.6 is 0 Å². The predicted octanol–water partition coefficient (Wildman–Crippen LogP) is 1.67. The van der Waals surface area contributed by atoms with Gasteiger partial charge in [0.05, 0.1) is 24.5 Å². The maximum atomic E-state index is 14.6. The number of anilines is 1. The van der Waals surface area contributed by atoms with Crippen molar-refractivity contribution in [3.05, 3.63) is 64.3 Å². The lowest BCUT2D eigenvalue weighted by Gasteiger charge is -2.35. The fraction of sp³-hybridized carbons (Fsp3) is 0.300. The number of aromatic nitrogens is 4. The van der Waals surface area contributed by atoms with Gasteiger partial charge in [-0.25, -0.2) is 23.7 Å². The number of benzene rings is 1. The molecule has 1 fully saturated rings. The fourth-order valence-electron chi connectivity index (χ4n) is 3.58. The standard InChI is InChI=1S/C20H20F2N6O2/c1-27-18(29)9-15(14-3-4-23-11-25-14)26-20(27)28-6-5-24-16(10-28)19-13(22)7-12(21)8-17(19)30-2/h3-4,7-9,11,16,24H,5-6,10H2,1-2H3. The Labute approximate surface area is 171 Å². The Morgan fingerprint density at radius 2 is 2.07 bits per heavy atom. The summed E-state index contributed by atoms with van der Waals surface area (Å²) in [7, 11) is 3.00. The topological polar surface area (TPSA) is 85.2 Å². The van der Waals surface area contributed by atoms with Gasteiger partial charge >= 0.3 is 0 Å². The molecule has 1 N–H and O–H groups in total. The van der Waals surface area contributed by atoms with Crippen molar-refractivity contribution >= 4 is 5.95 Å². The normalized spacial score (nSPS) is 16.5. The lowest BCUT2D eigenvalue weighted by molar-refractivity contribution is 0.376. The first-order chi connectivity index (χ1) is 14.5. The van der Waals surface area contributed by atoms with Crippen molar-refractivity contribution in [2.75, 3.05) is 31.6 Å². The van der Waals surface area contributed by atoms with Gasteiger partial charge in [0.25, 0.3) is 5.56 Å². The highest BCUT2D eigenvalue weighted by atomic mass is 19.1. The predicted molar refractivity (Wildman–Crippen MR) is 106 cm³/mol. The molecule has 0 spiro atoms. The van der Waals surface area contributed by atoms with Crippen LogP contribution in [0.5, 0.6) is 5.75 Å². The zero-order valence-corrected chi connectivity index (χ0v) is 16.5. The van der Waals surface area contributed by atoms with E-state index < -0.39 is 17.7 Å². The highest BCUT2D eigenvalue weighted by Crippen LogP contribution is 2.31. The van der Waals surface area contributed by atoms with E-state index in [1.54, 1.807) is 19.3 Å². The lowest BCUT2D eigenvalue weighted by Crippen LogP contribution is -2.48. The van der Waals surface area contributed by atoms with E-state index in [0.717, 1.165) is 12.1 Å². The number of ether oxygens (including phenoxy) is 1. The molecule has 2 aromatic heterocycles. The molecular weight excluding hydrogens is 394 g/mol. The van der Waals surface area contributed by atoms with Gasteiger partial charge in [-0.15, -0.1) is 0 Å². The summed E-state index contributed by atoms with van der Waals surface area (Å²) in [4.78, 5) is 27.1. The maximum Gasteiger partial charge on any atom is 0.255 e. The minimum Gasteiger partial charge on any atom is -0.496 e. The lowest BCUT2D eigenvalue weighted by atomic mass is 10.0. The first-order valence-corrected chi connectivity index (χ1v) is 9.33. The van der Waals surface area contributed by atoms with Crippen LogP contribution in [-0.2, 0) is 7.05 Å². The molecule has 4 rings (SSSR count). The quantitative estimate of drug-likeness (QED) is 0.695. The molecule has 0 aliphatic carbocycles. The van der Waals surface area contributed by atoms with Gasteiger partial charge in [0.2, 0.25) is 5.95 Å². The Bertz CT molecular complexity index is 1120. The second-order valence-corrected chi connectivity index (χ2v) is 6.89. The van der Waals surface area contributed by atoms with Gasteiger partial charge in [0.1, 0.15) is 23.7 Å². The fourth-order valence-corrected chi connectivity index (χ4v) is 3.58. The number of piperazine rings is 1. The number of hydrogen-bond donors (Lipinski definition) is 1. The largest absolute Gasteiger partial charge is 0.496 e. The van der Waals surface area contributed by atoms with Gasteiger partial charge in [0, 0.05) is 56.6 Å². The molecule has 1 aliphatic heterocycles.